The average molecular weight is 584 g/mol. The number of hydrogen-bond donors (Lipinski definition) is 1. The molecule has 0 heterocycles. The van der Waals surface area contributed by atoms with Crippen molar-refractivity contribution in [2.45, 2.75) is 58.0 Å². The van der Waals surface area contributed by atoms with Gasteiger partial charge in [-0.2, -0.15) is 0 Å². The van der Waals surface area contributed by atoms with E-state index in [2.05, 4.69) is 5.32 Å². The van der Waals surface area contributed by atoms with Gasteiger partial charge < -0.3 is 15.0 Å². The highest BCUT2D eigenvalue weighted by atomic mass is 32.2. The molecule has 10 heteroatoms. The van der Waals surface area contributed by atoms with Gasteiger partial charge in [0.25, 0.3) is 10.0 Å². The number of sulfonamides is 1. The van der Waals surface area contributed by atoms with Gasteiger partial charge in [0, 0.05) is 13.1 Å². The summed E-state index contributed by atoms with van der Waals surface area (Å²) in [5.41, 5.74) is 2.45. The number of aryl methyl sites for hydroxylation is 2. The van der Waals surface area contributed by atoms with E-state index in [1.165, 1.54) is 48.4 Å². The summed E-state index contributed by atoms with van der Waals surface area (Å²) in [6, 6.07) is 16.2. The van der Waals surface area contributed by atoms with E-state index in [1.807, 2.05) is 20.8 Å². The van der Waals surface area contributed by atoms with E-state index in [9.17, 15) is 22.4 Å². The Bertz CT molecular complexity index is 1440. The summed E-state index contributed by atoms with van der Waals surface area (Å²) in [5, 5.41) is 2.84. The third-order valence-electron chi connectivity index (χ3n) is 6.69. The van der Waals surface area contributed by atoms with E-state index in [4.69, 9.17) is 4.74 Å². The molecule has 3 rings (SSSR count). The summed E-state index contributed by atoms with van der Waals surface area (Å²) in [6.45, 7) is 7.20. The van der Waals surface area contributed by atoms with Gasteiger partial charge in [-0.3, -0.25) is 13.9 Å². The van der Waals surface area contributed by atoms with Crippen molar-refractivity contribution in [1.29, 1.82) is 0 Å². The van der Waals surface area contributed by atoms with Crippen molar-refractivity contribution in [3.63, 3.8) is 0 Å². The van der Waals surface area contributed by atoms with Crippen molar-refractivity contribution >= 4 is 27.5 Å². The topological polar surface area (TPSA) is 96.0 Å². The lowest BCUT2D eigenvalue weighted by Gasteiger charge is -2.33. The number of carbonyl (C=O) groups excluding carboxylic acids is 2. The number of halogens is 1. The predicted molar refractivity (Wildman–Crippen MR) is 158 cm³/mol. The van der Waals surface area contributed by atoms with Crippen LogP contribution in [0.15, 0.2) is 71.6 Å². The molecule has 3 aromatic carbocycles. The molecule has 0 aliphatic heterocycles. The van der Waals surface area contributed by atoms with Crippen LogP contribution in [-0.2, 0) is 26.2 Å². The molecule has 41 heavy (non-hydrogen) atoms. The van der Waals surface area contributed by atoms with Gasteiger partial charge in [0.05, 0.1) is 17.7 Å². The van der Waals surface area contributed by atoms with Crippen molar-refractivity contribution < 1.29 is 27.1 Å². The Morgan fingerprint density at radius 1 is 0.951 bits per heavy atom. The first-order valence-electron chi connectivity index (χ1n) is 13.6. The molecule has 0 unspecified atom stereocenters. The Kier molecular flexibility index (Phi) is 10.9. The van der Waals surface area contributed by atoms with Crippen molar-refractivity contribution in [1.82, 2.24) is 10.2 Å². The van der Waals surface area contributed by atoms with Gasteiger partial charge in [0.1, 0.15) is 24.2 Å². The van der Waals surface area contributed by atoms with Crippen LogP contribution in [0.5, 0.6) is 5.75 Å². The van der Waals surface area contributed by atoms with Crippen LogP contribution in [0, 0.1) is 19.7 Å². The van der Waals surface area contributed by atoms with Crippen molar-refractivity contribution in [3.8, 4) is 5.75 Å². The van der Waals surface area contributed by atoms with Crippen LogP contribution in [0.25, 0.3) is 0 Å². The number of methoxy groups -OCH3 is 1. The first kappa shape index (κ1) is 31.6. The Morgan fingerprint density at radius 2 is 1.59 bits per heavy atom. The lowest BCUT2D eigenvalue weighted by atomic mass is 10.1. The molecule has 220 valence electrons. The van der Waals surface area contributed by atoms with E-state index in [0.29, 0.717) is 24.9 Å². The lowest BCUT2D eigenvalue weighted by Crippen LogP contribution is -2.52. The molecule has 0 aliphatic rings. The number of benzene rings is 3. The van der Waals surface area contributed by atoms with Crippen LogP contribution in [0.3, 0.4) is 0 Å². The molecule has 3 aromatic rings. The Hall–Kier alpha value is -3.92. The number of nitrogens with one attached hydrogen (secondary N) is 1. The van der Waals surface area contributed by atoms with Crippen LogP contribution in [0.2, 0.25) is 0 Å². The summed E-state index contributed by atoms with van der Waals surface area (Å²) in [5.74, 6) is -1.09. The normalized spacial score (nSPS) is 12.0. The Balaban J connectivity index is 2.11. The molecule has 0 aromatic heterocycles. The summed E-state index contributed by atoms with van der Waals surface area (Å²) in [6.07, 6.45) is 1.00. The zero-order chi connectivity index (χ0) is 30.2. The third-order valence-corrected chi connectivity index (χ3v) is 8.47. The van der Waals surface area contributed by atoms with Gasteiger partial charge in [-0.05, 0) is 74.2 Å². The fourth-order valence-corrected chi connectivity index (χ4v) is 5.83. The molecule has 0 saturated heterocycles. The number of ether oxygens (including phenoxy) is 1. The molecule has 0 fully saturated rings. The first-order valence-corrected chi connectivity index (χ1v) is 15.0. The van der Waals surface area contributed by atoms with Gasteiger partial charge in [-0.25, -0.2) is 12.8 Å². The number of amides is 2. The van der Waals surface area contributed by atoms with Crippen LogP contribution in [0.4, 0.5) is 10.1 Å². The quantitative estimate of drug-likeness (QED) is 0.306. The molecule has 0 spiro atoms. The minimum atomic E-state index is -4.24. The van der Waals surface area contributed by atoms with E-state index in [-0.39, 0.29) is 28.8 Å². The maximum atomic E-state index is 14.1. The summed E-state index contributed by atoms with van der Waals surface area (Å²) >= 11 is 0. The number of anilines is 1. The fourth-order valence-electron chi connectivity index (χ4n) is 4.42. The molecule has 2 amide bonds. The van der Waals surface area contributed by atoms with Gasteiger partial charge in [0.15, 0.2) is 0 Å². The molecular formula is C31H38FN3O5S. The van der Waals surface area contributed by atoms with Gasteiger partial charge in [-0.1, -0.05) is 49.7 Å². The standard InChI is InChI=1S/C31H38FN3O5S/c1-6-18-33-31(37)27(7-2)34(20-24-11-13-25(32)14-12-24)30(36)21-35(28-19-23(4)10-17-29(28)40-5)41(38,39)26-15-8-22(3)9-16-26/h8-17,19,27H,6-7,18,20-21H2,1-5H3,(H,33,37)/t27-/m0/s1. The molecule has 0 saturated carbocycles. The largest absolute Gasteiger partial charge is 0.495 e. The van der Waals surface area contributed by atoms with Gasteiger partial charge in [0.2, 0.25) is 11.8 Å². The number of hydrogen-bond acceptors (Lipinski definition) is 5. The van der Waals surface area contributed by atoms with Crippen LogP contribution >= 0.6 is 0 Å². The maximum Gasteiger partial charge on any atom is 0.264 e. The number of nitrogens with zero attached hydrogens (tertiary/aromatic N) is 2. The monoisotopic (exact) mass is 583 g/mol. The third kappa shape index (κ3) is 7.85. The second-order valence-corrected chi connectivity index (χ2v) is 11.7. The van der Waals surface area contributed by atoms with Crippen molar-refractivity contribution in [3.05, 3.63) is 89.2 Å². The van der Waals surface area contributed by atoms with Gasteiger partial charge in [-0.15, -0.1) is 0 Å². The van der Waals surface area contributed by atoms with E-state index in [0.717, 1.165) is 15.4 Å². The second kappa shape index (κ2) is 14.1. The SMILES string of the molecule is CCCNC(=O)[C@H](CC)N(Cc1ccc(F)cc1)C(=O)CN(c1cc(C)ccc1OC)S(=O)(=O)c1ccc(C)cc1. The Labute approximate surface area is 242 Å². The highest BCUT2D eigenvalue weighted by molar-refractivity contribution is 7.92. The molecule has 1 N–H and O–H groups in total. The highest BCUT2D eigenvalue weighted by Crippen LogP contribution is 2.34. The predicted octanol–water partition coefficient (Wildman–Crippen LogP) is 4.98. The average Bonchev–Trinajstić information content (AvgIpc) is 2.95. The minimum Gasteiger partial charge on any atom is -0.495 e. The van der Waals surface area contributed by atoms with Crippen molar-refractivity contribution in [2.24, 2.45) is 0 Å². The highest BCUT2D eigenvalue weighted by Gasteiger charge is 2.34. The van der Waals surface area contributed by atoms with E-state index < -0.39 is 34.3 Å². The van der Waals surface area contributed by atoms with Crippen LogP contribution in [0.1, 0.15) is 43.4 Å². The van der Waals surface area contributed by atoms with Crippen LogP contribution in [-0.4, -0.2) is 51.4 Å². The fraction of sp³-hybridized carbons (Fsp3) is 0.355. The second-order valence-electron chi connectivity index (χ2n) is 9.86. The molecule has 0 aliphatic carbocycles. The first-order chi connectivity index (χ1) is 19.5. The van der Waals surface area contributed by atoms with Crippen LogP contribution < -0.4 is 14.4 Å². The molecule has 0 radical (unpaired) electrons. The Morgan fingerprint density at radius 3 is 2.17 bits per heavy atom. The number of rotatable bonds is 13. The summed E-state index contributed by atoms with van der Waals surface area (Å²) in [4.78, 5) is 28.6. The lowest BCUT2D eigenvalue weighted by molar-refractivity contribution is -0.140. The van der Waals surface area contributed by atoms with E-state index >= 15 is 0 Å². The minimum absolute atomic E-state index is 0.0114. The zero-order valence-corrected chi connectivity index (χ0v) is 25.0. The molecule has 1 atom stereocenters. The molecule has 0 bridgehead atoms. The summed E-state index contributed by atoms with van der Waals surface area (Å²) in [7, 11) is -2.81. The molecular weight excluding hydrogens is 545 g/mol. The van der Waals surface area contributed by atoms with Gasteiger partial charge >= 0.3 is 0 Å². The molecule has 8 nitrogen and oxygen atoms in total. The van der Waals surface area contributed by atoms with E-state index in [1.54, 1.807) is 37.3 Å². The maximum absolute atomic E-state index is 14.1. The zero-order valence-electron chi connectivity index (χ0n) is 24.2. The smallest absolute Gasteiger partial charge is 0.264 e. The van der Waals surface area contributed by atoms with Crippen molar-refractivity contribution in [2.75, 3.05) is 24.5 Å². The summed E-state index contributed by atoms with van der Waals surface area (Å²) < 4.78 is 48.3. The number of carbonyl (C=O) groups is 2.